The van der Waals surface area contributed by atoms with Gasteiger partial charge in [0.1, 0.15) is 5.00 Å². The molecule has 1 heterocycles. The third-order valence-corrected chi connectivity index (χ3v) is 4.86. The smallest absolute Gasteiger partial charge is 0.252 e. The summed E-state index contributed by atoms with van der Waals surface area (Å²) in [5.74, 6) is -0.554. The minimum atomic E-state index is -0.548. The van der Waals surface area contributed by atoms with E-state index in [1.165, 1.54) is 11.3 Å². The van der Waals surface area contributed by atoms with Crippen LogP contribution in [-0.4, -0.2) is 22.7 Å². The molecule has 4 N–H and O–H groups in total. The standard InChI is InChI=1S/C13H15N3O3S/c14-11(17)9-7-2-1-3-8(16-19)10(7)20-13(9)15-12(18)6-4-5-6/h6,19H,1-5H2,(H2,14,17)(H,15,18)/b16-8+. The highest BCUT2D eigenvalue weighted by Crippen LogP contribution is 2.39. The van der Waals surface area contributed by atoms with Crippen LogP contribution in [0.3, 0.4) is 0 Å². The van der Waals surface area contributed by atoms with E-state index in [-0.39, 0.29) is 11.8 Å². The molecule has 0 bridgehead atoms. The van der Waals surface area contributed by atoms with Gasteiger partial charge in [0.25, 0.3) is 5.91 Å². The van der Waals surface area contributed by atoms with Crippen LogP contribution in [0.2, 0.25) is 0 Å². The highest BCUT2D eigenvalue weighted by atomic mass is 32.1. The van der Waals surface area contributed by atoms with Gasteiger partial charge in [-0.15, -0.1) is 11.3 Å². The average molecular weight is 293 g/mol. The van der Waals surface area contributed by atoms with E-state index in [0.29, 0.717) is 29.1 Å². The maximum absolute atomic E-state index is 11.9. The van der Waals surface area contributed by atoms with Crippen LogP contribution in [0, 0.1) is 5.92 Å². The summed E-state index contributed by atoms with van der Waals surface area (Å²) in [5.41, 5.74) is 7.19. The molecule has 0 unspecified atom stereocenters. The summed E-state index contributed by atoms with van der Waals surface area (Å²) in [6.45, 7) is 0. The lowest BCUT2D eigenvalue weighted by molar-refractivity contribution is -0.117. The average Bonchev–Trinajstić information content (AvgIpc) is 3.19. The lowest BCUT2D eigenvalue weighted by atomic mass is 9.94. The van der Waals surface area contributed by atoms with E-state index in [1.807, 2.05) is 0 Å². The molecule has 0 aliphatic heterocycles. The molecule has 7 heteroatoms. The largest absolute Gasteiger partial charge is 0.411 e. The van der Waals surface area contributed by atoms with E-state index in [2.05, 4.69) is 10.5 Å². The van der Waals surface area contributed by atoms with Crippen LogP contribution in [0.1, 0.15) is 46.5 Å². The van der Waals surface area contributed by atoms with Gasteiger partial charge in [-0.05, 0) is 37.7 Å². The van der Waals surface area contributed by atoms with Gasteiger partial charge >= 0.3 is 0 Å². The molecule has 2 aliphatic carbocycles. The van der Waals surface area contributed by atoms with Gasteiger partial charge in [0.2, 0.25) is 5.91 Å². The molecule has 2 amide bonds. The maximum Gasteiger partial charge on any atom is 0.252 e. The number of nitrogens with one attached hydrogen (secondary N) is 1. The number of carbonyl (C=O) groups excluding carboxylic acids is 2. The Morgan fingerprint density at radius 3 is 2.70 bits per heavy atom. The number of rotatable bonds is 3. The second kappa shape index (κ2) is 4.90. The van der Waals surface area contributed by atoms with Gasteiger partial charge in [-0.25, -0.2) is 0 Å². The second-order valence-electron chi connectivity index (χ2n) is 5.14. The fourth-order valence-corrected chi connectivity index (χ4v) is 3.76. The van der Waals surface area contributed by atoms with Crippen molar-refractivity contribution in [3.05, 3.63) is 16.0 Å². The summed E-state index contributed by atoms with van der Waals surface area (Å²) in [4.78, 5) is 24.3. The highest BCUT2D eigenvalue weighted by molar-refractivity contribution is 7.19. The van der Waals surface area contributed by atoms with Crippen molar-refractivity contribution in [3.63, 3.8) is 0 Å². The lowest BCUT2D eigenvalue weighted by Gasteiger charge is -2.12. The van der Waals surface area contributed by atoms with Gasteiger partial charge in [-0.3, -0.25) is 9.59 Å². The van der Waals surface area contributed by atoms with Crippen molar-refractivity contribution in [2.24, 2.45) is 16.8 Å². The first-order chi connectivity index (χ1) is 9.61. The Hall–Kier alpha value is -1.89. The van der Waals surface area contributed by atoms with Crippen LogP contribution in [0.4, 0.5) is 5.00 Å². The molecule has 1 saturated carbocycles. The zero-order chi connectivity index (χ0) is 14.3. The van der Waals surface area contributed by atoms with E-state index in [1.54, 1.807) is 0 Å². The maximum atomic E-state index is 11.9. The molecule has 2 aliphatic rings. The molecule has 0 atom stereocenters. The summed E-state index contributed by atoms with van der Waals surface area (Å²) >= 11 is 1.27. The molecular formula is C13H15N3O3S. The van der Waals surface area contributed by atoms with E-state index in [0.717, 1.165) is 29.7 Å². The van der Waals surface area contributed by atoms with Crippen molar-refractivity contribution in [2.45, 2.75) is 32.1 Å². The van der Waals surface area contributed by atoms with Crippen LogP contribution in [0.15, 0.2) is 5.16 Å². The number of thiophene rings is 1. The summed E-state index contributed by atoms with van der Waals surface area (Å²) in [7, 11) is 0. The number of oxime groups is 1. The number of hydrogen-bond donors (Lipinski definition) is 3. The van der Waals surface area contributed by atoms with Crippen molar-refractivity contribution in [2.75, 3.05) is 5.32 Å². The first kappa shape index (κ1) is 13.1. The minimum Gasteiger partial charge on any atom is -0.411 e. The van der Waals surface area contributed by atoms with Crippen LogP contribution < -0.4 is 11.1 Å². The van der Waals surface area contributed by atoms with Crippen LogP contribution >= 0.6 is 11.3 Å². The zero-order valence-corrected chi connectivity index (χ0v) is 11.6. The molecule has 106 valence electrons. The molecular weight excluding hydrogens is 278 g/mol. The Morgan fingerprint density at radius 1 is 1.35 bits per heavy atom. The monoisotopic (exact) mass is 293 g/mol. The van der Waals surface area contributed by atoms with E-state index in [4.69, 9.17) is 10.9 Å². The topological polar surface area (TPSA) is 105 Å². The summed E-state index contributed by atoms with van der Waals surface area (Å²) in [6, 6.07) is 0. The second-order valence-corrected chi connectivity index (χ2v) is 6.16. The first-order valence-corrected chi connectivity index (χ1v) is 7.41. The summed E-state index contributed by atoms with van der Waals surface area (Å²) < 4.78 is 0. The van der Waals surface area contributed by atoms with Gasteiger partial charge in [0.05, 0.1) is 16.2 Å². The molecule has 1 aromatic rings. The SMILES string of the molecule is NC(=O)c1c(NC(=O)C2CC2)sc2c1CCC/C2=N\O. The fourth-order valence-electron chi connectivity index (χ4n) is 2.49. The number of amides is 2. The summed E-state index contributed by atoms with van der Waals surface area (Å²) in [6.07, 6.45) is 3.97. The number of hydrogen-bond acceptors (Lipinski definition) is 5. The van der Waals surface area contributed by atoms with Crippen molar-refractivity contribution in [3.8, 4) is 0 Å². The van der Waals surface area contributed by atoms with Gasteiger partial charge in [-0.1, -0.05) is 5.16 Å². The Kier molecular flexibility index (Phi) is 3.21. The van der Waals surface area contributed by atoms with Crippen LogP contribution in [0.5, 0.6) is 0 Å². The molecule has 0 saturated heterocycles. The normalized spacial score (nSPS) is 19.7. The summed E-state index contributed by atoms with van der Waals surface area (Å²) in [5, 5.41) is 15.6. The third kappa shape index (κ3) is 2.18. The third-order valence-electron chi connectivity index (χ3n) is 3.66. The molecule has 0 aromatic carbocycles. The van der Waals surface area contributed by atoms with Crippen molar-refractivity contribution in [1.29, 1.82) is 0 Å². The van der Waals surface area contributed by atoms with Crippen LogP contribution in [0.25, 0.3) is 0 Å². The molecule has 1 fully saturated rings. The van der Waals surface area contributed by atoms with Gasteiger partial charge in [0.15, 0.2) is 0 Å². The lowest BCUT2D eigenvalue weighted by Crippen LogP contribution is -2.19. The molecule has 0 radical (unpaired) electrons. The number of primary amides is 1. The molecule has 3 rings (SSSR count). The van der Waals surface area contributed by atoms with E-state index < -0.39 is 5.91 Å². The number of fused-ring (bicyclic) bond motifs is 1. The van der Waals surface area contributed by atoms with E-state index >= 15 is 0 Å². The Morgan fingerprint density at radius 2 is 2.10 bits per heavy atom. The zero-order valence-electron chi connectivity index (χ0n) is 10.8. The quantitative estimate of drug-likeness (QED) is 0.583. The number of nitrogens with zero attached hydrogens (tertiary/aromatic N) is 1. The Balaban J connectivity index is 2.02. The Bertz CT molecular complexity index is 617. The molecule has 6 nitrogen and oxygen atoms in total. The van der Waals surface area contributed by atoms with Gasteiger partial charge < -0.3 is 16.3 Å². The number of anilines is 1. The van der Waals surface area contributed by atoms with E-state index in [9.17, 15) is 9.59 Å². The molecule has 20 heavy (non-hydrogen) atoms. The fraction of sp³-hybridized carbons (Fsp3) is 0.462. The van der Waals surface area contributed by atoms with Crippen molar-refractivity contribution in [1.82, 2.24) is 0 Å². The van der Waals surface area contributed by atoms with Crippen LogP contribution in [-0.2, 0) is 11.2 Å². The minimum absolute atomic E-state index is 0.0563. The molecule has 0 spiro atoms. The van der Waals surface area contributed by atoms with Gasteiger partial charge in [0, 0.05) is 5.92 Å². The first-order valence-electron chi connectivity index (χ1n) is 6.59. The molecule has 1 aromatic heterocycles. The number of carbonyl (C=O) groups is 2. The highest BCUT2D eigenvalue weighted by Gasteiger charge is 2.33. The predicted molar refractivity (Wildman–Crippen MR) is 75.5 cm³/mol. The Labute approximate surface area is 119 Å². The van der Waals surface area contributed by atoms with Crippen molar-refractivity contribution >= 4 is 33.9 Å². The number of nitrogens with two attached hydrogens (primary N) is 1. The van der Waals surface area contributed by atoms with Crippen molar-refractivity contribution < 1.29 is 14.8 Å². The predicted octanol–water partition coefficient (Wildman–Crippen LogP) is 1.71. The van der Waals surface area contributed by atoms with Gasteiger partial charge in [-0.2, -0.15) is 0 Å².